The Labute approximate surface area is 67.1 Å². The van der Waals surface area contributed by atoms with E-state index in [1.807, 2.05) is 5.32 Å². The Kier molecular flexibility index (Phi) is 2.27. The molecule has 70 valence electrons. The van der Waals surface area contributed by atoms with Gasteiger partial charge in [0, 0.05) is 0 Å². The number of nitrogens with one attached hydrogen (secondary N) is 1. The van der Waals surface area contributed by atoms with Gasteiger partial charge in [-0.25, -0.2) is 0 Å². The second kappa shape index (κ2) is 2.93. The molecule has 1 fully saturated rings. The van der Waals surface area contributed by atoms with E-state index in [9.17, 15) is 18.0 Å². The van der Waals surface area contributed by atoms with Crippen LogP contribution in [0.15, 0.2) is 0 Å². The SMILES string of the molecule is N[C@H]1CC[C@H](C(F)(F)F)NC1=O. The minimum absolute atomic E-state index is 0.0933. The van der Waals surface area contributed by atoms with E-state index in [4.69, 9.17) is 5.73 Å². The van der Waals surface area contributed by atoms with Gasteiger partial charge >= 0.3 is 6.18 Å². The smallest absolute Gasteiger partial charge is 0.343 e. The number of hydrogen-bond acceptors (Lipinski definition) is 2. The van der Waals surface area contributed by atoms with E-state index in [0.29, 0.717) is 0 Å². The minimum atomic E-state index is -4.35. The van der Waals surface area contributed by atoms with Crippen LogP contribution in [0.3, 0.4) is 0 Å². The minimum Gasteiger partial charge on any atom is -0.343 e. The predicted molar refractivity (Wildman–Crippen MR) is 35.2 cm³/mol. The van der Waals surface area contributed by atoms with Crippen LogP contribution in [-0.4, -0.2) is 24.2 Å². The zero-order chi connectivity index (χ0) is 9.35. The third-order valence-electron chi connectivity index (χ3n) is 1.81. The van der Waals surface area contributed by atoms with Crippen molar-refractivity contribution in [3.63, 3.8) is 0 Å². The first kappa shape index (κ1) is 9.31. The number of rotatable bonds is 0. The Balaban J connectivity index is 2.57. The standard InChI is InChI=1S/C6H9F3N2O/c7-6(8,9)4-2-1-3(10)5(12)11-4/h3-4H,1-2,10H2,(H,11,12)/t3-,4+/m0/s1. The maximum Gasteiger partial charge on any atom is 0.408 e. The molecular weight excluding hydrogens is 173 g/mol. The van der Waals surface area contributed by atoms with Crippen molar-refractivity contribution in [3.05, 3.63) is 0 Å². The maximum atomic E-state index is 12.0. The highest BCUT2D eigenvalue weighted by Crippen LogP contribution is 2.25. The summed E-state index contributed by atoms with van der Waals surface area (Å²) in [5, 5.41) is 1.82. The lowest BCUT2D eigenvalue weighted by Crippen LogP contribution is -2.55. The Morgan fingerprint density at radius 3 is 2.42 bits per heavy atom. The van der Waals surface area contributed by atoms with Gasteiger partial charge in [-0.15, -0.1) is 0 Å². The number of halogens is 3. The first-order valence-electron chi connectivity index (χ1n) is 3.54. The first-order chi connectivity index (χ1) is 5.41. The number of hydrogen-bond donors (Lipinski definition) is 2. The normalized spacial score (nSPS) is 31.5. The van der Waals surface area contributed by atoms with Crippen LogP contribution in [-0.2, 0) is 4.79 Å². The van der Waals surface area contributed by atoms with Crippen molar-refractivity contribution in [2.24, 2.45) is 5.73 Å². The van der Waals surface area contributed by atoms with Crippen molar-refractivity contribution in [3.8, 4) is 0 Å². The van der Waals surface area contributed by atoms with Gasteiger partial charge in [0.05, 0.1) is 6.04 Å². The fourth-order valence-corrected chi connectivity index (χ4v) is 1.07. The van der Waals surface area contributed by atoms with Gasteiger partial charge in [0.25, 0.3) is 0 Å². The zero-order valence-corrected chi connectivity index (χ0v) is 6.19. The van der Waals surface area contributed by atoms with Crippen LogP contribution in [0.25, 0.3) is 0 Å². The summed E-state index contributed by atoms with van der Waals surface area (Å²) in [6.45, 7) is 0. The van der Waals surface area contributed by atoms with E-state index in [1.165, 1.54) is 0 Å². The number of nitrogens with two attached hydrogens (primary N) is 1. The molecule has 0 bridgehead atoms. The quantitative estimate of drug-likeness (QED) is 0.560. The van der Waals surface area contributed by atoms with E-state index in [2.05, 4.69) is 0 Å². The largest absolute Gasteiger partial charge is 0.408 e. The van der Waals surface area contributed by atoms with Crippen LogP contribution in [0, 0.1) is 0 Å². The summed E-state index contributed by atoms with van der Waals surface area (Å²) in [6, 6.07) is -2.51. The van der Waals surface area contributed by atoms with E-state index in [1.54, 1.807) is 0 Å². The van der Waals surface area contributed by atoms with Crippen molar-refractivity contribution in [2.45, 2.75) is 31.1 Å². The Morgan fingerprint density at radius 2 is 2.00 bits per heavy atom. The van der Waals surface area contributed by atoms with Crippen molar-refractivity contribution < 1.29 is 18.0 Å². The highest BCUT2D eigenvalue weighted by molar-refractivity contribution is 5.82. The molecule has 0 aromatic heterocycles. The molecule has 3 nitrogen and oxygen atoms in total. The molecule has 0 aromatic carbocycles. The molecule has 0 spiro atoms. The van der Waals surface area contributed by atoms with Crippen LogP contribution in [0.2, 0.25) is 0 Å². The van der Waals surface area contributed by atoms with E-state index < -0.39 is 24.2 Å². The summed E-state index contributed by atoms with van der Waals surface area (Å²) in [4.78, 5) is 10.7. The van der Waals surface area contributed by atoms with Crippen molar-refractivity contribution in [1.82, 2.24) is 5.32 Å². The topological polar surface area (TPSA) is 55.1 Å². The fourth-order valence-electron chi connectivity index (χ4n) is 1.07. The van der Waals surface area contributed by atoms with Crippen LogP contribution < -0.4 is 11.1 Å². The lowest BCUT2D eigenvalue weighted by atomic mass is 10.0. The third-order valence-corrected chi connectivity index (χ3v) is 1.81. The number of carbonyl (C=O) groups is 1. The third kappa shape index (κ3) is 1.88. The average Bonchev–Trinajstić information content (AvgIpc) is 1.92. The summed E-state index contributed by atoms with van der Waals surface area (Å²) in [5.74, 6) is -0.719. The highest BCUT2D eigenvalue weighted by atomic mass is 19.4. The molecule has 1 rings (SSSR count). The van der Waals surface area contributed by atoms with Gasteiger partial charge < -0.3 is 11.1 Å². The molecule has 6 heteroatoms. The van der Waals surface area contributed by atoms with Gasteiger partial charge in [-0.2, -0.15) is 13.2 Å². The monoisotopic (exact) mass is 182 g/mol. The number of amides is 1. The van der Waals surface area contributed by atoms with Gasteiger partial charge in [0.15, 0.2) is 0 Å². The molecule has 0 saturated carbocycles. The summed E-state index contributed by atoms with van der Waals surface area (Å²) < 4.78 is 36.0. The van der Waals surface area contributed by atoms with Crippen LogP contribution in [0.1, 0.15) is 12.8 Å². The lowest BCUT2D eigenvalue weighted by molar-refractivity contribution is -0.167. The highest BCUT2D eigenvalue weighted by Gasteiger charge is 2.43. The van der Waals surface area contributed by atoms with Gasteiger partial charge in [-0.1, -0.05) is 0 Å². The van der Waals surface area contributed by atoms with Gasteiger partial charge in [-0.3, -0.25) is 4.79 Å². The van der Waals surface area contributed by atoms with E-state index >= 15 is 0 Å². The Bertz CT molecular complexity index is 192. The predicted octanol–water partition coefficient (Wildman–Crippen LogP) is 0.155. The van der Waals surface area contributed by atoms with Crippen molar-refractivity contribution in [1.29, 1.82) is 0 Å². The summed E-state index contributed by atoms with van der Waals surface area (Å²) >= 11 is 0. The number of carbonyl (C=O) groups excluding carboxylic acids is 1. The molecule has 1 heterocycles. The van der Waals surface area contributed by atoms with Gasteiger partial charge in [0.1, 0.15) is 6.04 Å². The van der Waals surface area contributed by atoms with E-state index in [0.717, 1.165) is 0 Å². The molecule has 0 radical (unpaired) electrons. The molecule has 0 unspecified atom stereocenters. The summed E-state index contributed by atoms with van der Waals surface area (Å²) in [5.41, 5.74) is 5.20. The molecule has 1 saturated heterocycles. The second-order valence-electron chi connectivity index (χ2n) is 2.79. The molecule has 3 N–H and O–H groups in total. The molecule has 12 heavy (non-hydrogen) atoms. The number of piperidine rings is 1. The zero-order valence-electron chi connectivity index (χ0n) is 6.19. The van der Waals surface area contributed by atoms with Gasteiger partial charge in [-0.05, 0) is 12.8 Å². The Hall–Kier alpha value is -0.780. The fraction of sp³-hybridized carbons (Fsp3) is 0.833. The maximum absolute atomic E-state index is 12.0. The first-order valence-corrected chi connectivity index (χ1v) is 3.54. The van der Waals surface area contributed by atoms with Crippen LogP contribution >= 0.6 is 0 Å². The van der Waals surface area contributed by atoms with Crippen molar-refractivity contribution in [2.75, 3.05) is 0 Å². The van der Waals surface area contributed by atoms with Gasteiger partial charge in [0.2, 0.25) is 5.91 Å². The van der Waals surface area contributed by atoms with Crippen LogP contribution in [0.5, 0.6) is 0 Å². The van der Waals surface area contributed by atoms with E-state index in [-0.39, 0.29) is 12.8 Å². The number of alkyl halides is 3. The molecular formula is C6H9F3N2O. The molecule has 2 atom stereocenters. The summed E-state index contributed by atoms with van der Waals surface area (Å²) in [6.07, 6.45) is -4.39. The molecule has 0 aliphatic carbocycles. The lowest BCUT2D eigenvalue weighted by Gasteiger charge is -2.28. The molecule has 1 amide bonds. The molecule has 0 aromatic rings. The van der Waals surface area contributed by atoms with Crippen LogP contribution in [0.4, 0.5) is 13.2 Å². The average molecular weight is 182 g/mol. The molecule has 1 aliphatic heterocycles. The molecule has 1 aliphatic rings. The summed E-state index contributed by atoms with van der Waals surface area (Å²) in [7, 11) is 0. The Morgan fingerprint density at radius 1 is 1.42 bits per heavy atom. The second-order valence-corrected chi connectivity index (χ2v) is 2.79. The van der Waals surface area contributed by atoms with Crippen molar-refractivity contribution >= 4 is 5.91 Å².